The largest absolute Gasteiger partial charge is 0.452 e. The molecule has 0 aliphatic heterocycles. The summed E-state index contributed by atoms with van der Waals surface area (Å²) < 4.78 is 5.28. The van der Waals surface area contributed by atoms with Gasteiger partial charge in [0.15, 0.2) is 6.61 Å². The number of ether oxygens (including phenoxy) is 1. The number of carbonyl (C=O) groups is 2. The van der Waals surface area contributed by atoms with Crippen molar-refractivity contribution < 1.29 is 14.3 Å². The van der Waals surface area contributed by atoms with Gasteiger partial charge in [0.1, 0.15) is 0 Å². The molecule has 154 valence electrons. The van der Waals surface area contributed by atoms with Crippen LogP contribution in [0.3, 0.4) is 0 Å². The van der Waals surface area contributed by atoms with Gasteiger partial charge in [-0.25, -0.2) is 9.78 Å². The van der Waals surface area contributed by atoms with E-state index >= 15 is 0 Å². The monoisotopic (exact) mass is 431 g/mol. The predicted octanol–water partition coefficient (Wildman–Crippen LogP) is 4.42. The van der Waals surface area contributed by atoms with Gasteiger partial charge in [0.05, 0.1) is 16.8 Å². The molecule has 2 heterocycles. The fraction of sp³-hybridized carbons (Fsp3) is 0.0833. The molecular formula is C24H18ClN3O3. The summed E-state index contributed by atoms with van der Waals surface area (Å²) in [5.74, 6) is -0.987. The van der Waals surface area contributed by atoms with E-state index in [4.69, 9.17) is 16.3 Å². The Labute approximate surface area is 183 Å². The third kappa shape index (κ3) is 5.05. The average Bonchev–Trinajstić information content (AvgIpc) is 2.82. The summed E-state index contributed by atoms with van der Waals surface area (Å²) in [6, 6.07) is 19.7. The molecule has 0 radical (unpaired) electrons. The van der Waals surface area contributed by atoms with E-state index in [2.05, 4.69) is 15.3 Å². The van der Waals surface area contributed by atoms with Gasteiger partial charge in [-0.15, -0.1) is 0 Å². The number of pyridine rings is 2. The van der Waals surface area contributed by atoms with E-state index in [-0.39, 0.29) is 6.61 Å². The number of esters is 1. The molecule has 4 rings (SSSR count). The number of hydrogen-bond donors (Lipinski definition) is 1. The Balaban J connectivity index is 1.48. The molecule has 2 aromatic carbocycles. The fourth-order valence-corrected chi connectivity index (χ4v) is 3.20. The predicted molar refractivity (Wildman–Crippen MR) is 119 cm³/mol. The zero-order valence-corrected chi connectivity index (χ0v) is 17.2. The smallest absolute Gasteiger partial charge is 0.339 e. The van der Waals surface area contributed by atoms with Crippen LogP contribution in [0.25, 0.3) is 22.2 Å². The molecule has 1 N–H and O–H groups in total. The molecule has 6 nitrogen and oxygen atoms in total. The van der Waals surface area contributed by atoms with Crippen molar-refractivity contribution in [2.45, 2.75) is 6.54 Å². The van der Waals surface area contributed by atoms with Crippen LogP contribution >= 0.6 is 11.6 Å². The first-order valence-electron chi connectivity index (χ1n) is 9.58. The molecule has 0 saturated carbocycles. The van der Waals surface area contributed by atoms with E-state index in [1.54, 1.807) is 42.7 Å². The summed E-state index contributed by atoms with van der Waals surface area (Å²) in [5.41, 5.74) is 3.28. The van der Waals surface area contributed by atoms with Gasteiger partial charge in [0.25, 0.3) is 5.91 Å². The Hall–Kier alpha value is -3.77. The Morgan fingerprint density at radius 2 is 1.81 bits per heavy atom. The lowest BCUT2D eigenvalue weighted by Gasteiger charge is -2.10. The van der Waals surface area contributed by atoms with Gasteiger partial charge >= 0.3 is 5.97 Å². The normalized spacial score (nSPS) is 10.6. The van der Waals surface area contributed by atoms with Gasteiger partial charge in [-0.3, -0.25) is 9.78 Å². The second kappa shape index (κ2) is 9.36. The number of halogens is 1. The molecular weight excluding hydrogens is 414 g/mol. The Kier molecular flexibility index (Phi) is 6.19. The number of nitrogens with one attached hydrogen (secondary N) is 1. The van der Waals surface area contributed by atoms with Crippen LogP contribution in [0.1, 0.15) is 15.9 Å². The standard InChI is InChI=1S/C24H18ClN3O3/c25-18-9-7-16(8-10-18)13-27-23(29)15-31-24(30)20-12-22(17-4-3-11-26-14-17)28-21-6-2-1-5-19(20)21/h1-12,14H,13,15H2,(H,27,29). The highest BCUT2D eigenvalue weighted by atomic mass is 35.5. The maximum absolute atomic E-state index is 12.8. The number of amides is 1. The van der Waals surface area contributed by atoms with Crippen LogP contribution in [-0.4, -0.2) is 28.5 Å². The van der Waals surface area contributed by atoms with Crippen molar-refractivity contribution in [2.75, 3.05) is 6.61 Å². The molecule has 7 heteroatoms. The quantitative estimate of drug-likeness (QED) is 0.457. The number of rotatable bonds is 6. The third-order valence-electron chi connectivity index (χ3n) is 4.63. The minimum Gasteiger partial charge on any atom is -0.452 e. The molecule has 4 aromatic rings. The van der Waals surface area contributed by atoms with Crippen LogP contribution in [0.15, 0.2) is 79.1 Å². The van der Waals surface area contributed by atoms with Crippen LogP contribution in [0, 0.1) is 0 Å². The number of para-hydroxylation sites is 1. The molecule has 0 bridgehead atoms. The van der Waals surface area contributed by atoms with E-state index in [1.165, 1.54) is 0 Å². The lowest BCUT2D eigenvalue weighted by molar-refractivity contribution is -0.124. The van der Waals surface area contributed by atoms with Gasteiger partial charge < -0.3 is 10.1 Å². The van der Waals surface area contributed by atoms with Crippen LogP contribution < -0.4 is 5.32 Å². The van der Waals surface area contributed by atoms with Crippen molar-refractivity contribution in [1.82, 2.24) is 15.3 Å². The van der Waals surface area contributed by atoms with E-state index < -0.39 is 11.9 Å². The molecule has 0 aliphatic carbocycles. The fourth-order valence-electron chi connectivity index (χ4n) is 3.07. The van der Waals surface area contributed by atoms with Crippen molar-refractivity contribution in [2.24, 2.45) is 0 Å². The summed E-state index contributed by atoms with van der Waals surface area (Å²) in [4.78, 5) is 33.7. The maximum Gasteiger partial charge on any atom is 0.339 e. The molecule has 0 aliphatic rings. The highest BCUT2D eigenvalue weighted by Gasteiger charge is 2.16. The van der Waals surface area contributed by atoms with Gasteiger partial charge in [0, 0.05) is 34.9 Å². The van der Waals surface area contributed by atoms with E-state index in [1.807, 2.05) is 36.4 Å². The highest BCUT2D eigenvalue weighted by molar-refractivity contribution is 6.30. The van der Waals surface area contributed by atoms with Crippen molar-refractivity contribution in [1.29, 1.82) is 0 Å². The third-order valence-corrected chi connectivity index (χ3v) is 4.88. The van der Waals surface area contributed by atoms with Crippen molar-refractivity contribution in [3.05, 3.63) is 95.3 Å². The molecule has 0 atom stereocenters. The Morgan fingerprint density at radius 1 is 1.00 bits per heavy atom. The van der Waals surface area contributed by atoms with E-state index in [0.717, 1.165) is 11.1 Å². The summed E-state index contributed by atoms with van der Waals surface area (Å²) in [6.07, 6.45) is 3.35. The Morgan fingerprint density at radius 3 is 2.58 bits per heavy atom. The molecule has 0 fully saturated rings. The number of fused-ring (bicyclic) bond motifs is 1. The van der Waals surface area contributed by atoms with Crippen LogP contribution in [0.2, 0.25) is 5.02 Å². The minimum absolute atomic E-state index is 0.316. The maximum atomic E-state index is 12.8. The molecule has 1 amide bonds. The zero-order chi connectivity index (χ0) is 21.6. The van der Waals surface area contributed by atoms with E-state index in [9.17, 15) is 9.59 Å². The van der Waals surface area contributed by atoms with Crippen LogP contribution in [0.5, 0.6) is 0 Å². The SMILES string of the molecule is O=C(COC(=O)c1cc(-c2cccnc2)nc2ccccc12)NCc1ccc(Cl)cc1. The Bertz CT molecular complexity index is 1230. The molecule has 31 heavy (non-hydrogen) atoms. The number of carbonyl (C=O) groups excluding carboxylic acids is 2. The number of hydrogen-bond acceptors (Lipinski definition) is 5. The second-order valence-corrected chi connectivity index (χ2v) is 7.23. The topological polar surface area (TPSA) is 81.2 Å². The van der Waals surface area contributed by atoms with Crippen LogP contribution in [0.4, 0.5) is 0 Å². The van der Waals surface area contributed by atoms with Gasteiger partial charge in [0.2, 0.25) is 0 Å². The first-order chi connectivity index (χ1) is 15.1. The lowest BCUT2D eigenvalue weighted by Crippen LogP contribution is -2.28. The number of benzene rings is 2. The molecule has 0 unspecified atom stereocenters. The summed E-state index contributed by atoms with van der Waals surface area (Å²) in [5, 5.41) is 4.00. The lowest BCUT2D eigenvalue weighted by atomic mass is 10.1. The number of aromatic nitrogens is 2. The zero-order valence-electron chi connectivity index (χ0n) is 16.4. The molecule has 0 spiro atoms. The summed E-state index contributed by atoms with van der Waals surface area (Å²) in [7, 11) is 0. The van der Waals surface area contributed by atoms with Crippen molar-refractivity contribution in [3.8, 4) is 11.3 Å². The molecule has 0 saturated heterocycles. The average molecular weight is 432 g/mol. The first kappa shape index (κ1) is 20.5. The summed E-state index contributed by atoms with van der Waals surface area (Å²) >= 11 is 5.86. The highest BCUT2D eigenvalue weighted by Crippen LogP contribution is 2.25. The van der Waals surface area contributed by atoms with Gasteiger partial charge in [-0.05, 0) is 42.0 Å². The number of nitrogens with zero attached hydrogens (tertiary/aromatic N) is 2. The van der Waals surface area contributed by atoms with Crippen LogP contribution in [-0.2, 0) is 16.1 Å². The second-order valence-electron chi connectivity index (χ2n) is 6.79. The van der Waals surface area contributed by atoms with E-state index in [0.29, 0.717) is 33.7 Å². The van der Waals surface area contributed by atoms with Gasteiger partial charge in [-0.1, -0.05) is 41.9 Å². The summed E-state index contributed by atoms with van der Waals surface area (Å²) in [6.45, 7) is -0.0673. The first-order valence-corrected chi connectivity index (χ1v) is 9.96. The van der Waals surface area contributed by atoms with Crippen molar-refractivity contribution >= 4 is 34.4 Å². The minimum atomic E-state index is -0.592. The van der Waals surface area contributed by atoms with Gasteiger partial charge in [-0.2, -0.15) is 0 Å². The molecule has 2 aromatic heterocycles. The van der Waals surface area contributed by atoms with Crippen molar-refractivity contribution in [3.63, 3.8) is 0 Å².